The third-order valence-corrected chi connectivity index (χ3v) is 4.50. The molecule has 1 aliphatic rings. The quantitative estimate of drug-likeness (QED) is 0.762. The number of hydrogen-bond donors (Lipinski definition) is 2. The third-order valence-electron chi connectivity index (χ3n) is 4.50. The summed E-state index contributed by atoms with van der Waals surface area (Å²) in [5.41, 5.74) is -1.16. The monoisotopic (exact) mass is 359 g/mol. The Labute approximate surface area is 143 Å². The van der Waals surface area contributed by atoms with Crippen molar-refractivity contribution in [2.45, 2.75) is 31.6 Å². The first-order chi connectivity index (χ1) is 11.7. The highest BCUT2D eigenvalue weighted by molar-refractivity contribution is 5.79. The number of nitrogens with one attached hydrogen (secondary N) is 1. The van der Waals surface area contributed by atoms with Crippen molar-refractivity contribution in [3.8, 4) is 0 Å². The number of aliphatic carboxylic acids is 1. The van der Waals surface area contributed by atoms with Gasteiger partial charge in [-0.2, -0.15) is 0 Å². The lowest BCUT2D eigenvalue weighted by atomic mass is 9.66. The molecule has 2 N–H and O–H groups in total. The van der Waals surface area contributed by atoms with Gasteiger partial charge < -0.3 is 15.2 Å². The lowest BCUT2D eigenvalue weighted by Crippen LogP contribution is -2.47. The summed E-state index contributed by atoms with van der Waals surface area (Å²) in [7, 11) is 1.09. The number of carbonyl (C=O) groups excluding carboxylic acids is 1. The molecule has 0 heterocycles. The van der Waals surface area contributed by atoms with Gasteiger partial charge >= 0.3 is 11.9 Å². The van der Waals surface area contributed by atoms with Gasteiger partial charge in [-0.15, -0.1) is 0 Å². The van der Waals surface area contributed by atoms with Crippen molar-refractivity contribution in [1.82, 2.24) is 0 Å². The summed E-state index contributed by atoms with van der Waals surface area (Å²) in [6, 6.07) is 5.59. The molecule has 1 aromatic rings. The summed E-state index contributed by atoms with van der Waals surface area (Å²) in [6.07, 6.45) is -1.81. The maximum absolute atomic E-state index is 14.1. The Morgan fingerprint density at radius 2 is 2.08 bits per heavy atom. The maximum atomic E-state index is 14.1. The average molecular weight is 359 g/mol. The SMILES string of the molecule is COC(=O)C1(CCNc2cccc(F)c2)CC(C(=O)O)CC(F)(F)C1. The number of methoxy groups -OCH3 is 1. The molecule has 0 radical (unpaired) electrons. The number of carboxylic acids is 1. The van der Waals surface area contributed by atoms with Gasteiger partial charge in [0.2, 0.25) is 5.92 Å². The molecule has 1 aromatic carbocycles. The fourth-order valence-corrected chi connectivity index (χ4v) is 3.43. The normalized spacial score (nSPS) is 25.2. The minimum absolute atomic E-state index is 0.0461. The number of carboxylic acid groups (broad SMARTS) is 1. The molecule has 0 aromatic heterocycles. The van der Waals surface area contributed by atoms with E-state index >= 15 is 0 Å². The Morgan fingerprint density at radius 3 is 2.68 bits per heavy atom. The maximum Gasteiger partial charge on any atom is 0.312 e. The van der Waals surface area contributed by atoms with E-state index in [1.165, 1.54) is 18.2 Å². The van der Waals surface area contributed by atoms with Gasteiger partial charge in [0.1, 0.15) is 5.82 Å². The van der Waals surface area contributed by atoms with Crippen molar-refractivity contribution in [2.75, 3.05) is 19.0 Å². The predicted molar refractivity (Wildman–Crippen MR) is 83.9 cm³/mol. The topological polar surface area (TPSA) is 75.6 Å². The molecule has 1 saturated carbocycles. The Bertz CT molecular complexity index is 653. The Kier molecular flexibility index (Phi) is 5.59. The van der Waals surface area contributed by atoms with Gasteiger partial charge in [0, 0.05) is 25.1 Å². The number of halogens is 3. The fourth-order valence-electron chi connectivity index (χ4n) is 3.43. The molecular formula is C17H20F3NO4. The van der Waals surface area contributed by atoms with Crippen molar-refractivity contribution in [3.63, 3.8) is 0 Å². The van der Waals surface area contributed by atoms with Crippen LogP contribution in [0.5, 0.6) is 0 Å². The highest BCUT2D eigenvalue weighted by Gasteiger charge is 2.55. The first-order valence-electron chi connectivity index (χ1n) is 7.86. The summed E-state index contributed by atoms with van der Waals surface area (Å²) in [4.78, 5) is 23.4. The molecule has 8 heteroatoms. The minimum atomic E-state index is -3.27. The highest BCUT2D eigenvalue weighted by atomic mass is 19.3. The van der Waals surface area contributed by atoms with Crippen LogP contribution in [0.4, 0.5) is 18.9 Å². The van der Waals surface area contributed by atoms with Crippen molar-refractivity contribution in [1.29, 1.82) is 0 Å². The molecule has 138 valence electrons. The van der Waals surface area contributed by atoms with E-state index in [4.69, 9.17) is 5.11 Å². The third kappa shape index (κ3) is 4.64. The summed E-state index contributed by atoms with van der Waals surface area (Å²) in [5.74, 6) is -7.25. The number of hydrogen-bond acceptors (Lipinski definition) is 4. The number of anilines is 1. The second kappa shape index (κ2) is 7.33. The molecule has 2 atom stereocenters. The molecule has 2 rings (SSSR count). The van der Waals surface area contributed by atoms with Crippen LogP contribution in [-0.4, -0.2) is 36.6 Å². The van der Waals surface area contributed by atoms with Gasteiger partial charge in [-0.05, 0) is 31.0 Å². The molecule has 0 saturated heterocycles. The van der Waals surface area contributed by atoms with Gasteiger partial charge in [-0.3, -0.25) is 9.59 Å². The molecule has 0 spiro atoms. The predicted octanol–water partition coefficient (Wildman–Crippen LogP) is 3.31. The number of esters is 1. The molecule has 5 nitrogen and oxygen atoms in total. The van der Waals surface area contributed by atoms with Gasteiger partial charge in [0.25, 0.3) is 0 Å². The lowest BCUT2D eigenvalue weighted by molar-refractivity contribution is -0.176. The van der Waals surface area contributed by atoms with Crippen molar-refractivity contribution in [2.24, 2.45) is 11.3 Å². The van der Waals surface area contributed by atoms with Gasteiger partial charge in [-0.1, -0.05) is 6.07 Å². The Morgan fingerprint density at radius 1 is 1.36 bits per heavy atom. The average Bonchev–Trinajstić information content (AvgIpc) is 2.52. The van der Waals surface area contributed by atoms with Gasteiger partial charge in [-0.25, -0.2) is 13.2 Å². The smallest absolute Gasteiger partial charge is 0.312 e. The second-order valence-corrected chi connectivity index (χ2v) is 6.44. The van der Waals surface area contributed by atoms with E-state index < -0.39 is 47.9 Å². The van der Waals surface area contributed by atoms with Gasteiger partial charge in [0.05, 0.1) is 18.4 Å². The molecule has 0 bridgehead atoms. The van der Waals surface area contributed by atoms with Crippen LogP contribution in [-0.2, 0) is 14.3 Å². The summed E-state index contributed by atoms with van der Waals surface area (Å²) < 4.78 is 46.0. The van der Waals surface area contributed by atoms with Crippen LogP contribution in [0.25, 0.3) is 0 Å². The van der Waals surface area contributed by atoms with Crippen LogP contribution in [0.3, 0.4) is 0 Å². The molecule has 0 amide bonds. The van der Waals surface area contributed by atoms with E-state index in [9.17, 15) is 22.8 Å². The van der Waals surface area contributed by atoms with Crippen molar-refractivity contribution in [3.05, 3.63) is 30.1 Å². The lowest BCUT2D eigenvalue weighted by Gasteiger charge is -2.41. The van der Waals surface area contributed by atoms with Crippen LogP contribution in [0.2, 0.25) is 0 Å². The molecule has 0 aliphatic heterocycles. The standard InChI is InChI=1S/C17H20F3NO4/c1-25-15(24)16(5-6-21-13-4-2-3-12(18)7-13)8-11(14(22)23)9-17(19,20)10-16/h2-4,7,11,21H,5-6,8-10H2,1H3,(H,22,23). The van der Waals surface area contributed by atoms with Crippen LogP contribution in [0.15, 0.2) is 24.3 Å². The van der Waals surface area contributed by atoms with E-state index in [2.05, 4.69) is 10.1 Å². The second-order valence-electron chi connectivity index (χ2n) is 6.44. The Hall–Kier alpha value is -2.25. The van der Waals surface area contributed by atoms with E-state index in [-0.39, 0.29) is 19.4 Å². The van der Waals surface area contributed by atoms with Crippen LogP contribution < -0.4 is 5.32 Å². The summed E-state index contributed by atoms with van der Waals surface area (Å²) in [5, 5.41) is 12.0. The zero-order chi connectivity index (χ0) is 18.7. The Balaban J connectivity index is 2.16. The summed E-state index contributed by atoms with van der Waals surface area (Å²) >= 11 is 0. The molecule has 2 unspecified atom stereocenters. The van der Waals surface area contributed by atoms with Crippen molar-refractivity contribution < 1.29 is 32.6 Å². The van der Waals surface area contributed by atoms with Crippen LogP contribution >= 0.6 is 0 Å². The van der Waals surface area contributed by atoms with E-state index in [0.717, 1.165) is 7.11 Å². The largest absolute Gasteiger partial charge is 0.481 e. The molecule has 1 aliphatic carbocycles. The van der Waals surface area contributed by atoms with Crippen LogP contribution in [0, 0.1) is 17.2 Å². The first-order valence-corrected chi connectivity index (χ1v) is 7.86. The van der Waals surface area contributed by atoms with E-state index in [0.29, 0.717) is 5.69 Å². The van der Waals surface area contributed by atoms with E-state index in [1.54, 1.807) is 6.07 Å². The zero-order valence-corrected chi connectivity index (χ0v) is 13.7. The number of ether oxygens (including phenoxy) is 1. The summed E-state index contributed by atoms with van der Waals surface area (Å²) in [6.45, 7) is 0.0982. The van der Waals surface area contributed by atoms with E-state index in [1.807, 2.05) is 0 Å². The van der Waals surface area contributed by atoms with Crippen molar-refractivity contribution >= 4 is 17.6 Å². The number of rotatable bonds is 6. The number of carbonyl (C=O) groups is 2. The number of alkyl halides is 2. The molecule has 1 fully saturated rings. The zero-order valence-electron chi connectivity index (χ0n) is 13.7. The van der Waals surface area contributed by atoms with Crippen LogP contribution in [0.1, 0.15) is 25.7 Å². The van der Waals surface area contributed by atoms with Gasteiger partial charge in [0.15, 0.2) is 0 Å². The first kappa shape index (κ1) is 19.1. The molecule has 25 heavy (non-hydrogen) atoms. The molecular weight excluding hydrogens is 339 g/mol. The highest BCUT2D eigenvalue weighted by Crippen LogP contribution is 2.49. The number of benzene rings is 1. The minimum Gasteiger partial charge on any atom is -0.481 e. The fraction of sp³-hybridized carbons (Fsp3) is 0.529.